The number of anilines is 1. The number of carbonyl (C=O) groups is 1. The lowest BCUT2D eigenvalue weighted by molar-refractivity contribution is 0.0857. The SMILES string of the molecule is Cc1ccc(NS(=O)(=O)c2cc(C(=O)NC[C@@H]3CCCO3)ccc2C)cc1. The first-order valence-corrected chi connectivity index (χ1v) is 10.4. The molecule has 3 rings (SSSR count). The predicted molar refractivity (Wildman–Crippen MR) is 104 cm³/mol. The summed E-state index contributed by atoms with van der Waals surface area (Å²) in [6.07, 6.45) is 1.96. The van der Waals surface area contributed by atoms with Gasteiger partial charge in [0.05, 0.1) is 11.0 Å². The third-order valence-corrected chi connectivity index (χ3v) is 6.08. The van der Waals surface area contributed by atoms with E-state index in [-0.39, 0.29) is 16.9 Å². The van der Waals surface area contributed by atoms with Gasteiger partial charge >= 0.3 is 0 Å². The van der Waals surface area contributed by atoms with Crippen LogP contribution >= 0.6 is 0 Å². The number of carbonyl (C=O) groups excluding carboxylic acids is 1. The molecule has 1 fully saturated rings. The van der Waals surface area contributed by atoms with E-state index >= 15 is 0 Å². The van der Waals surface area contributed by atoms with Crippen LogP contribution in [0.3, 0.4) is 0 Å². The van der Waals surface area contributed by atoms with Gasteiger partial charge in [0.15, 0.2) is 0 Å². The molecule has 1 aliphatic heterocycles. The number of sulfonamides is 1. The summed E-state index contributed by atoms with van der Waals surface area (Å²) in [5, 5.41) is 2.82. The summed E-state index contributed by atoms with van der Waals surface area (Å²) in [4.78, 5) is 12.5. The minimum Gasteiger partial charge on any atom is -0.376 e. The topological polar surface area (TPSA) is 84.5 Å². The van der Waals surface area contributed by atoms with E-state index in [0.29, 0.717) is 23.4 Å². The molecule has 7 heteroatoms. The third-order valence-electron chi connectivity index (χ3n) is 4.56. The Bertz CT molecular complexity index is 917. The standard InChI is InChI=1S/C20H24N2O4S/c1-14-5-9-17(10-6-14)22-27(24,25)19-12-16(8-7-15(19)2)20(23)21-13-18-4-3-11-26-18/h5-10,12,18,22H,3-4,11,13H2,1-2H3,(H,21,23)/t18-/m0/s1. The van der Waals surface area contributed by atoms with Crippen molar-refractivity contribution < 1.29 is 17.9 Å². The minimum absolute atomic E-state index is 0.0332. The Morgan fingerprint density at radius 3 is 2.56 bits per heavy atom. The van der Waals surface area contributed by atoms with Crippen molar-refractivity contribution in [1.82, 2.24) is 5.32 Å². The molecule has 27 heavy (non-hydrogen) atoms. The van der Waals surface area contributed by atoms with Crippen LogP contribution in [0.25, 0.3) is 0 Å². The molecule has 144 valence electrons. The van der Waals surface area contributed by atoms with Crippen LogP contribution < -0.4 is 10.0 Å². The van der Waals surface area contributed by atoms with E-state index in [4.69, 9.17) is 4.74 Å². The van der Waals surface area contributed by atoms with E-state index in [0.717, 1.165) is 25.0 Å². The smallest absolute Gasteiger partial charge is 0.262 e. The number of amides is 1. The number of nitrogens with one attached hydrogen (secondary N) is 2. The van der Waals surface area contributed by atoms with Crippen LogP contribution in [0.1, 0.15) is 34.3 Å². The quantitative estimate of drug-likeness (QED) is 0.797. The van der Waals surface area contributed by atoms with Crippen molar-refractivity contribution in [3.63, 3.8) is 0 Å². The third kappa shape index (κ3) is 4.87. The highest BCUT2D eigenvalue weighted by Crippen LogP contribution is 2.21. The maximum absolute atomic E-state index is 12.8. The number of rotatable bonds is 6. The lowest BCUT2D eigenvalue weighted by atomic mass is 10.1. The highest BCUT2D eigenvalue weighted by atomic mass is 32.2. The molecule has 0 aromatic heterocycles. The molecule has 1 atom stereocenters. The molecule has 1 heterocycles. The minimum atomic E-state index is -3.80. The second kappa shape index (κ2) is 8.10. The predicted octanol–water partition coefficient (Wildman–Crippen LogP) is 3.01. The van der Waals surface area contributed by atoms with Crippen molar-refractivity contribution in [3.8, 4) is 0 Å². The van der Waals surface area contributed by atoms with Gasteiger partial charge in [0, 0.05) is 24.4 Å². The molecule has 2 N–H and O–H groups in total. The van der Waals surface area contributed by atoms with Crippen LogP contribution in [0.15, 0.2) is 47.4 Å². The highest BCUT2D eigenvalue weighted by molar-refractivity contribution is 7.92. The second-order valence-corrected chi connectivity index (χ2v) is 8.45. The largest absolute Gasteiger partial charge is 0.376 e. The maximum Gasteiger partial charge on any atom is 0.262 e. The summed E-state index contributed by atoms with van der Waals surface area (Å²) < 4.78 is 33.6. The Morgan fingerprint density at radius 2 is 1.89 bits per heavy atom. The summed E-state index contributed by atoms with van der Waals surface area (Å²) in [5.74, 6) is -0.308. The second-order valence-electron chi connectivity index (χ2n) is 6.80. The molecule has 0 radical (unpaired) electrons. The summed E-state index contributed by atoms with van der Waals surface area (Å²) >= 11 is 0. The average Bonchev–Trinajstić information content (AvgIpc) is 3.15. The Kier molecular flexibility index (Phi) is 5.82. The summed E-state index contributed by atoms with van der Waals surface area (Å²) in [7, 11) is -3.80. The van der Waals surface area contributed by atoms with Crippen molar-refractivity contribution in [1.29, 1.82) is 0 Å². The van der Waals surface area contributed by atoms with Gasteiger partial charge in [-0.1, -0.05) is 23.8 Å². The molecule has 0 aliphatic carbocycles. The van der Waals surface area contributed by atoms with Crippen LogP contribution in [0.4, 0.5) is 5.69 Å². The van der Waals surface area contributed by atoms with E-state index in [1.807, 2.05) is 19.1 Å². The highest BCUT2D eigenvalue weighted by Gasteiger charge is 2.21. The molecule has 1 amide bonds. The van der Waals surface area contributed by atoms with Crippen molar-refractivity contribution in [2.75, 3.05) is 17.9 Å². The Labute approximate surface area is 160 Å². The van der Waals surface area contributed by atoms with E-state index in [1.54, 1.807) is 31.2 Å². The van der Waals surface area contributed by atoms with Crippen LogP contribution in [0.5, 0.6) is 0 Å². The lowest BCUT2D eigenvalue weighted by Crippen LogP contribution is -2.31. The van der Waals surface area contributed by atoms with Gasteiger partial charge in [0.25, 0.3) is 15.9 Å². The summed E-state index contributed by atoms with van der Waals surface area (Å²) in [6, 6.07) is 11.8. The molecule has 2 aromatic carbocycles. The van der Waals surface area contributed by atoms with Gasteiger partial charge in [-0.05, 0) is 56.5 Å². The number of hydrogen-bond acceptors (Lipinski definition) is 4. The fourth-order valence-electron chi connectivity index (χ4n) is 2.98. The van der Waals surface area contributed by atoms with Crippen molar-refractivity contribution in [3.05, 3.63) is 59.2 Å². The molecule has 2 aromatic rings. The normalized spacial score (nSPS) is 16.9. The first-order valence-electron chi connectivity index (χ1n) is 8.95. The zero-order chi connectivity index (χ0) is 19.4. The Morgan fingerprint density at radius 1 is 1.15 bits per heavy atom. The number of hydrogen-bond donors (Lipinski definition) is 2. The Hall–Kier alpha value is -2.38. The summed E-state index contributed by atoms with van der Waals surface area (Å²) in [5.41, 5.74) is 2.40. The molecule has 0 bridgehead atoms. The number of ether oxygens (including phenoxy) is 1. The van der Waals surface area contributed by atoms with E-state index in [9.17, 15) is 13.2 Å². The van der Waals surface area contributed by atoms with Crippen LogP contribution in [0.2, 0.25) is 0 Å². The molecule has 0 spiro atoms. The number of aryl methyl sites for hydroxylation is 2. The molecule has 0 unspecified atom stereocenters. The first-order chi connectivity index (χ1) is 12.8. The fraction of sp³-hybridized carbons (Fsp3) is 0.350. The average molecular weight is 388 g/mol. The fourth-order valence-corrected chi connectivity index (χ4v) is 4.31. The van der Waals surface area contributed by atoms with E-state index < -0.39 is 10.0 Å². The van der Waals surface area contributed by atoms with Gasteiger partial charge in [-0.2, -0.15) is 0 Å². The van der Waals surface area contributed by atoms with Gasteiger partial charge in [0.2, 0.25) is 0 Å². The van der Waals surface area contributed by atoms with Gasteiger partial charge < -0.3 is 10.1 Å². The van der Waals surface area contributed by atoms with Crippen molar-refractivity contribution in [2.24, 2.45) is 0 Å². The molecular weight excluding hydrogens is 364 g/mol. The lowest BCUT2D eigenvalue weighted by Gasteiger charge is -2.14. The van der Waals surface area contributed by atoms with Gasteiger partial charge in [0.1, 0.15) is 0 Å². The monoisotopic (exact) mass is 388 g/mol. The zero-order valence-electron chi connectivity index (χ0n) is 15.5. The van der Waals surface area contributed by atoms with Crippen LogP contribution in [0, 0.1) is 13.8 Å². The van der Waals surface area contributed by atoms with Crippen LogP contribution in [-0.2, 0) is 14.8 Å². The molecule has 1 saturated heterocycles. The van der Waals surface area contributed by atoms with Crippen LogP contribution in [-0.4, -0.2) is 33.6 Å². The van der Waals surface area contributed by atoms with Gasteiger partial charge in [-0.15, -0.1) is 0 Å². The van der Waals surface area contributed by atoms with Crippen molar-refractivity contribution >= 4 is 21.6 Å². The number of benzene rings is 2. The van der Waals surface area contributed by atoms with Crippen molar-refractivity contribution in [2.45, 2.75) is 37.7 Å². The molecular formula is C20H24N2O4S. The van der Waals surface area contributed by atoms with Gasteiger partial charge in [-0.25, -0.2) is 8.42 Å². The maximum atomic E-state index is 12.8. The molecule has 0 saturated carbocycles. The summed E-state index contributed by atoms with van der Waals surface area (Å²) in [6.45, 7) is 4.79. The van der Waals surface area contributed by atoms with E-state index in [2.05, 4.69) is 10.0 Å². The zero-order valence-corrected chi connectivity index (χ0v) is 16.3. The Balaban J connectivity index is 1.77. The molecule has 6 nitrogen and oxygen atoms in total. The molecule has 1 aliphatic rings. The van der Waals surface area contributed by atoms with E-state index in [1.165, 1.54) is 6.07 Å². The first kappa shape index (κ1) is 19.4. The van der Waals surface area contributed by atoms with Gasteiger partial charge in [-0.3, -0.25) is 9.52 Å².